The molecule has 1 N–H and O–H groups in total. The van der Waals surface area contributed by atoms with Gasteiger partial charge in [-0.1, -0.05) is 29.8 Å². The van der Waals surface area contributed by atoms with Crippen LogP contribution in [0.1, 0.15) is 40.4 Å². The molecule has 0 aliphatic rings. The standard InChI is InChI=1S/C28H24ClN5O3/c1-16-10-17(2)26-19(14-32(3)24(26)11-16)15-33-22-9-8-21(13-30)31-27(22)34(28(33)37)23(12-25(35)36)18-4-6-20(29)7-5-18/h4-11,14,23H,12,15H2,1-3H3,(H,35,36). The average Bonchev–Trinajstić information content (AvgIpc) is 3.31. The first-order valence-electron chi connectivity index (χ1n) is 11.7. The summed E-state index contributed by atoms with van der Waals surface area (Å²) < 4.78 is 5.03. The molecule has 3 aromatic heterocycles. The van der Waals surface area contributed by atoms with E-state index in [0.717, 1.165) is 27.6 Å². The van der Waals surface area contributed by atoms with Crippen LogP contribution in [0.3, 0.4) is 0 Å². The molecule has 8 nitrogen and oxygen atoms in total. The van der Waals surface area contributed by atoms with Gasteiger partial charge < -0.3 is 9.67 Å². The van der Waals surface area contributed by atoms with Crippen LogP contribution in [0.4, 0.5) is 0 Å². The second kappa shape index (κ2) is 9.26. The summed E-state index contributed by atoms with van der Waals surface area (Å²) in [5, 5.41) is 20.8. The van der Waals surface area contributed by atoms with E-state index in [-0.39, 0.29) is 24.3 Å². The number of aliphatic carboxylic acids is 1. The van der Waals surface area contributed by atoms with Crippen LogP contribution >= 0.6 is 11.6 Å². The van der Waals surface area contributed by atoms with Crippen LogP contribution in [-0.2, 0) is 18.4 Å². The molecular formula is C28H24ClN5O3. The van der Waals surface area contributed by atoms with E-state index in [4.69, 9.17) is 11.6 Å². The van der Waals surface area contributed by atoms with Gasteiger partial charge in [0.05, 0.1) is 24.5 Å². The first-order chi connectivity index (χ1) is 17.7. The molecular weight excluding hydrogens is 490 g/mol. The number of nitrogens with zero attached hydrogens (tertiary/aromatic N) is 5. The predicted octanol–water partition coefficient (Wildman–Crippen LogP) is 4.94. The van der Waals surface area contributed by atoms with Crippen molar-refractivity contribution in [2.75, 3.05) is 0 Å². The smallest absolute Gasteiger partial charge is 0.331 e. The summed E-state index contributed by atoms with van der Waals surface area (Å²) in [4.78, 5) is 30.3. The maximum Gasteiger partial charge on any atom is 0.331 e. The summed E-state index contributed by atoms with van der Waals surface area (Å²) in [7, 11) is 1.97. The highest BCUT2D eigenvalue weighted by molar-refractivity contribution is 6.30. The number of aromatic nitrogens is 4. The Hall–Kier alpha value is -4.35. The van der Waals surface area contributed by atoms with Crippen LogP contribution in [-0.4, -0.2) is 29.8 Å². The molecule has 0 radical (unpaired) electrons. The van der Waals surface area contributed by atoms with Crippen LogP contribution in [0.5, 0.6) is 0 Å². The number of rotatable bonds is 6. The predicted molar refractivity (Wildman–Crippen MR) is 142 cm³/mol. The molecule has 2 aromatic carbocycles. The number of imidazole rings is 1. The average molecular weight is 514 g/mol. The van der Waals surface area contributed by atoms with Crippen molar-refractivity contribution in [1.82, 2.24) is 18.7 Å². The lowest BCUT2D eigenvalue weighted by molar-refractivity contribution is -0.137. The van der Waals surface area contributed by atoms with Gasteiger partial charge in [0.25, 0.3) is 0 Å². The van der Waals surface area contributed by atoms with E-state index < -0.39 is 17.7 Å². The zero-order valence-corrected chi connectivity index (χ0v) is 21.3. The number of aryl methyl sites for hydroxylation is 3. The molecule has 3 heterocycles. The summed E-state index contributed by atoms with van der Waals surface area (Å²) in [5.41, 5.74) is 5.42. The topological polar surface area (TPSA) is 106 Å². The number of hydrogen-bond donors (Lipinski definition) is 1. The Morgan fingerprint density at radius 3 is 2.54 bits per heavy atom. The van der Waals surface area contributed by atoms with Crippen molar-refractivity contribution in [1.29, 1.82) is 5.26 Å². The van der Waals surface area contributed by atoms with E-state index in [0.29, 0.717) is 16.1 Å². The summed E-state index contributed by atoms with van der Waals surface area (Å²) in [6, 6.07) is 15.4. The maximum absolute atomic E-state index is 14.0. The maximum atomic E-state index is 14.0. The lowest BCUT2D eigenvalue weighted by atomic mass is 10.0. The number of benzene rings is 2. The fourth-order valence-corrected chi connectivity index (χ4v) is 5.28. The first-order valence-corrected chi connectivity index (χ1v) is 12.1. The van der Waals surface area contributed by atoms with Crippen LogP contribution in [0.2, 0.25) is 5.02 Å². The minimum absolute atomic E-state index is 0.139. The summed E-state index contributed by atoms with van der Waals surface area (Å²) in [6.07, 6.45) is 1.67. The van der Waals surface area contributed by atoms with Crippen molar-refractivity contribution in [3.05, 3.63) is 98.2 Å². The Morgan fingerprint density at radius 2 is 1.86 bits per heavy atom. The van der Waals surface area contributed by atoms with E-state index in [1.54, 1.807) is 41.0 Å². The quantitative estimate of drug-likeness (QED) is 0.346. The molecule has 0 saturated heterocycles. The van der Waals surface area contributed by atoms with Gasteiger partial charge in [0.2, 0.25) is 0 Å². The molecule has 0 bridgehead atoms. The Kier molecular flexibility index (Phi) is 6.10. The van der Waals surface area contributed by atoms with Gasteiger partial charge in [-0.3, -0.25) is 13.9 Å². The lowest BCUT2D eigenvalue weighted by Gasteiger charge is -2.17. The summed E-state index contributed by atoms with van der Waals surface area (Å²) in [5.74, 6) is -1.07. The van der Waals surface area contributed by atoms with Crippen LogP contribution in [0.25, 0.3) is 22.1 Å². The molecule has 0 saturated carbocycles. The normalized spacial score (nSPS) is 12.2. The Bertz CT molecular complexity index is 1790. The number of halogens is 1. The van der Waals surface area contributed by atoms with Gasteiger partial charge in [-0.2, -0.15) is 5.26 Å². The summed E-state index contributed by atoms with van der Waals surface area (Å²) >= 11 is 6.06. The van der Waals surface area contributed by atoms with Crippen molar-refractivity contribution in [3.63, 3.8) is 0 Å². The number of nitriles is 1. The van der Waals surface area contributed by atoms with Gasteiger partial charge in [-0.25, -0.2) is 9.78 Å². The highest BCUT2D eigenvalue weighted by atomic mass is 35.5. The molecule has 0 aliphatic carbocycles. The van der Waals surface area contributed by atoms with Gasteiger partial charge in [-0.05, 0) is 66.4 Å². The largest absolute Gasteiger partial charge is 0.481 e. The minimum Gasteiger partial charge on any atom is -0.481 e. The fraction of sp³-hybridized carbons (Fsp3) is 0.214. The Labute approximate surface area is 217 Å². The molecule has 5 rings (SSSR count). The van der Waals surface area contributed by atoms with E-state index in [9.17, 15) is 20.0 Å². The van der Waals surface area contributed by atoms with Crippen molar-refractivity contribution in [2.45, 2.75) is 32.9 Å². The van der Waals surface area contributed by atoms with Crippen LogP contribution in [0.15, 0.2) is 59.5 Å². The van der Waals surface area contributed by atoms with Gasteiger partial charge in [-0.15, -0.1) is 0 Å². The fourth-order valence-electron chi connectivity index (χ4n) is 5.16. The molecule has 37 heavy (non-hydrogen) atoms. The third-order valence-corrected chi connectivity index (χ3v) is 6.95. The van der Waals surface area contributed by atoms with Gasteiger partial charge in [0, 0.05) is 29.2 Å². The third-order valence-electron chi connectivity index (χ3n) is 6.70. The SMILES string of the molecule is Cc1cc(C)c2c(Cn3c(=O)n(C(CC(=O)O)c4ccc(Cl)cc4)c4nc(C#N)ccc43)cn(C)c2c1. The number of hydrogen-bond acceptors (Lipinski definition) is 4. The second-order valence-corrected chi connectivity index (χ2v) is 9.73. The first kappa shape index (κ1) is 24.3. The van der Waals surface area contributed by atoms with Crippen molar-refractivity contribution in [2.24, 2.45) is 7.05 Å². The van der Waals surface area contributed by atoms with E-state index in [2.05, 4.69) is 31.0 Å². The van der Waals surface area contributed by atoms with Crippen molar-refractivity contribution in [3.8, 4) is 6.07 Å². The Balaban J connectivity index is 1.76. The van der Waals surface area contributed by atoms with E-state index >= 15 is 0 Å². The minimum atomic E-state index is -1.07. The number of carbonyl (C=O) groups is 1. The number of pyridine rings is 1. The molecule has 0 amide bonds. The van der Waals surface area contributed by atoms with Crippen LogP contribution in [0, 0.1) is 25.2 Å². The van der Waals surface area contributed by atoms with Gasteiger partial charge >= 0.3 is 11.7 Å². The summed E-state index contributed by atoms with van der Waals surface area (Å²) in [6.45, 7) is 4.36. The molecule has 0 aliphatic heterocycles. The monoisotopic (exact) mass is 513 g/mol. The molecule has 5 aromatic rings. The molecule has 186 valence electrons. The van der Waals surface area contributed by atoms with Gasteiger partial charge in [0.1, 0.15) is 11.8 Å². The molecule has 1 unspecified atom stereocenters. The van der Waals surface area contributed by atoms with Crippen LogP contribution < -0.4 is 5.69 Å². The number of fused-ring (bicyclic) bond motifs is 2. The van der Waals surface area contributed by atoms with Crippen molar-refractivity contribution < 1.29 is 9.90 Å². The molecule has 9 heteroatoms. The van der Waals surface area contributed by atoms with Crippen molar-refractivity contribution >= 4 is 39.6 Å². The second-order valence-electron chi connectivity index (χ2n) is 9.30. The van der Waals surface area contributed by atoms with E-state index in [1.807, 2.05) is 23.9 Å². The third kappa shape index (κ3) is 4.28. The molecule has 0 fully saturated rings. The zero-order valence-electron chi connectivity index (χ0n) is 20.6. The highest BCUT2D eigenvalue weighted by Gasteiger charge is 2.26. The Morgan fingerprint density at radius 1 is 1.14 bits per heavy atom. The highest BCUT2D eigenvalue weighted by Crippen LogP contribution is 2.29. The zero-order chi connectivity index (χ0) is 26.4. The molecule has 0 spiro atoms. The number of carboxylic acids is 1. The number of carboxylic acid groups (broad SMARTS) is 1. The van der Waals surface area contributed by atoms with E-state index in [1.165, 1.54) is 4.57 Å². The lowest BCUT2D eigenvalue weighted by Crippen LogP contribution is -2.30. The van der Waals surface area contributed by atoms with Gasteiger partial charge in [0.15, 0.2) is 5.65 Å². The molecule has 1 atom stereocenters.